The highest BCUT2D eigenvalue weighted by molar-refractivity contribution is 6.36. The zero-order chi connectivity index (χ0) is 12.4. The molecule has 0 fully saturated rings. The van der Waals surface area contributed by atoms with Gasteiger partial charge in [-0.25, -0.2) is 0 Å². The van der Waals surface area contributed by atoms with Crippen LogP contribution in [0.2, 0.25) is 10.2 Å². The van der Waals surface area contributed by atoms with E-state index in [4.69, 9.17) is 34.7 Å². The molecular formula is C9H8Cl2N6. The Kier molecular flexibility index (Phi) is 3.16. The number of benzene rings is 1. The maximum Gasteiger partial charge on any atom is 0.197 e. The summed E-state index contributed by atoms with van der Waals surface area (Å²) < 4.78 is 0. The highest BCUT2D eigenvalue weighted by atomic mass is 35.5. The first-order valence-electron chi connectivity index (χ1n) is 4.54. The first-order chi connectivity index (χ1) is 8.08. The molecule has 0 amide bonds. The van der Waals surface area contributed by atoms with Gasteiger partial charge in [-0.15, -0.1) is 10.2 Å². The summed E-state index contributed by atoms with van der Waals surface area (Å²) >= 11 is 11.6. The molecule has 0 radical (unpaired) electrons. The number of nitrogens with one attached hydrogen (secondary N) is 1. The molecule has 1 heterocycles. The molecule has 0 saturated carbocycles. The maximum atomic E-state index is 5.96. The second kappa shape index (κ2) is 4.60. The molecule has 8 heteroatoms. The van der Waals surface area contributed by atoms with Crippen molar-refractivity contribution in [3.63, 3.8) is 0 Å². The summed E-state index contributed by atoms with van der Waals surface area (Å²) in [5, 5.41) is 14.7. The van der Waals surface area contributed by atoms with Crippen LogP contribution in [0.25, 0.3) is 0 Å². The van der Waals surface area contributed by atoms with Gasteiger partial charge >= 0.3 is 0 Å². The van der Waals surface area contributed by atoms with Gasteiger partial charge in [-0.05, 0) is 12.1 Å². The van der Waals surface area contributed by atoms with Crippen molar-refractivity contribution < 1.29 is 0 Å². The van der Waals surface area contributed by atoms with Crippen molar-refractivity contribution in [3.8, 4) is 0 Å². The third-order valence-corrected chi connectivity index (χ3v) is 2.58. The van der Waals surface area contributed by atoms with E-state index in [-0.39, 0.29) is 10.7 Å². The van der Waals surface area contributed by atoms with Crippen LogP contribution >= 0.6 is 23.2 Å². The van der Waals surface area contributed by atoms with Gasteiger partial charge in [0.25, 0.3) is 0 Å². The van der Waals surface area contributed by atoms with Crippen LogP contribution in [-0.4, -0.2) is 10.2 Å². The standard InChI is InChI=1S/C9H8Cl2N6/c10-6-3-7(17-15-6)16-14-5-2-1-4(12)9(13)8(5)11/h1-3H,12-13H2,(H,15,17). The molecule has 2 aromatic rings. The zero-order valence-electron chi connectivity index (χ0n) is 8.48. The fourth-order valence-electron chi connectivity index (χ4n) is 1.12. The minimum absolute atomic E-state index is 0.260. The normalized spacial score (nSPS) is 11.2. The largest absolute Gasteiger partial charge is 0.397 e. The van der Waals surface area contributed by atoms with Crippen molar-refractivity contribution in [1.82, 2.24) is 10.2 Å². The Morgan fingerprint density at radius 1 is 1.18 bits per heavy atom. The third-order valence-electron chi connectivity index (χ3n) is 1.99. The van der Waals surface area contributed by atoms with Gasteiger partial charge < -0.3 is 11.5 Å². The number of hydrogen-bond acceptors (Lipinski definition) is 5. The van der Waals surface area contributed by atoms with Gasteiger partial charge in [0.05, 0.1) is 16.4 Å². The van der Waals surface area contributed by atoms with Gasteiger partial charge in [0.2, 0.25) is 0 Å². The van der Waals surface area contributed by atoms with E-state index in [0.29, 0.717) is 22.3 Å². The smallest absolute Gasteiger partial charge is 0.197 e. The molecule has 0 bridgehead atoms. The van der Waals surface area contributed by atoms with Crippen LogP contribution < -0.4 is 11.5 Å². The van der Waals surface area contributed by atoms with Gasteiger partial charge in [-0.1, -0.05) is 23.2 Å². The second-order valence-corrected chi connectivity index (χ2v) is 3.96. The number of nitrogens with zero attached hydrogens (tertiary/aromatic N) is 3. The molecule has 1 aromatic heterocycles. The lowest BCUT2D eigenvalue weighted by molar-refractivity contribution is 1.06. The minimum atomic E-state index is 0.260. The quantitative estimate of drug-likeness (QED) is 0.576. The average molecular weight is 271 g/mol. The number of anilines is 2. The number of nitrogen functional groups attached to an aromatic ring is 2. The van der Waals surface area contributed by atoms with E-state index in [9.17, 15) is 0 Å². The van der Waals surface area contributed by atoms with Crippen molar-refractivity contribution in [2.75, 3.05) is 11.5 Å². The molecule has 0 aliphatic rings. The number of hydrogen-bond donors (Lipinski definition) is 3. The lowest BCUT2D eigenvalue weighted by Crippen LogP contribution is -1.94. The monoisotopic (exact) mass is 270 g/mol. The van der Waals surface area contributed by atoms with E-state index in [1.807, 2.05) is 0 Å². The Bertz CT molecular complexity index is 577. The molecule has 0 unspecified atom stereocenters. The SMILES string of the molecule is Nc1ccc(N=Nc2cc(Cl)[nH]n2)c(Cl)c1N. The molecule has 0 saturated heterocycles. The van der Waals surface area contributed by atoms with Gasteiger partial charge in [0, 0.05) is 6.07 Å². The van der Waals surface area contributed by atoms with Gasteiger partial charge in [-0.3, -0.25) is 5.10 Å². The van der Waals surface area contributed by atoms with Crippen LogP contribution in [0.5, 0.6) is 0 Å². The fraction of sp³-hybridized carbons (Fsp3) is 0. The molecule has 0 atom stereocenters. The van der Waals surface area contributed by atoms with Gasteiger partial charge in [-0.2, -0.15) is 5.10 Å². The number of H-pyrrole nitrogens is 1. The molecule has 5 N–H and O–H groups in total. The van der Waals surface area contributed by atoms with Crippen LogP contribution in [0.1, 0.15) is 0 Å². The molecule has 0 aliphatic heterocycles. The minimum Gasteiger partial charge on any atom is -0.397 e. The second-order valence-electron chi connectivity index (χ2n) is 3.18. The number of halogens is 2. The van der Waals surface area contributed by atoms with Crippen LogP contribution in [0.4, 0.5) is 22.9 Å². The van der Waals surface area contributed by atoms with Crippen LogP contribution in [-0.2, 0) is 0 Å². The summed E-state index contributed by atoms with van der Waals surface area (Å²) in [5.74, 6) is 0.349. The van der Waals surface area contributed by atoms with E-state index >= 15 is 0 Å². The highest BCUT2D eigenvalue weighted by Crippen LogP contribution is 2.35. The van der Waals surface area contributed by atoms with E-state index < -0.39 is 0 Å². The predicted molar refractivity (Wildman–Crippen MR) is 68.1 cm³/mol. The summed E-state index contributed by atoms with van der Waals surface area (Å²) in [6.45, 7) is 0. The fourth-order valence-corrected chi connectivity index (χ4v) is 1.47. The molecule has 6 nitrogen and oxygen atoms in total. The van der Waals surface area contributed by atoms with Crippen LogP contribution in [0.3, 0.4) is 0 Å². The van der Waals surface area contributed by atoms with E-state index in [2.05, 4.69) is 20.4 Å². The lowest BCUT2D eigenvalue weighted by atomic mass is 10.2. The van der Waals surface area contributed by atoms with Crippen molar-refractivity contribution in [2.24, 2.45) is 10.2 Å². The Morgan fingerprint density at radius 3 is 2.59 bits per heavy atom. The lowest BCUT2D eigenvalue weighted by Gasteiger charge is -2.03. The third kappa shape index (κ3) is 2.48. The molecule has 17 heavy (non-hydrogen) atoms. The molecule has 0 spiro atoms. The summed E-state index contributed by atoms with van der Waals surface area (Å²) in [6, 6.07) is 4.75. The highest BCUT2D eigenvalue weighted by Gasteiger charge is 2.06. The predicted octanol–water partition coefficient (Wildman–Crippen LogP) is 3.30. The number of rotatable bonds is 2. The van der Waals surface area contributed by atoms with Crippen molar-refractivity contribution in [2.45, 2.75) is 0 Å². The van der Waals surface area contributed by atoms with Gasteiger partial charge in [0.1, 0.15) is 10.8 Å². The molecule has 2 rings (SSSR count). The summed E-state index contributed by atoms with van der Waals surface area (Å²) in [6.07, 6.45) is 0. The Balaban J connectivity index is 2.30. The number of aromatic amines is 1. The van der Waals surface area contributed by atoms with E-state index in [0.717, 1.165) is 0 Å². The molecular weight excluding hydrogens is 263 g/mol. The van der Waals surface area contributed by atoms with Crippen LogP contribution in [0.15, 0.2) is 28.4 Å². The Morgan fingerprint density at radius 2 is 1.94 bits per heavy atom. The van der Waals surface area contributed by atoms with Crippen LogP contribution in [0, 0.1) is 0 Å². The van der Waals surface area contributed by atoms with Gasteiger partial charge in [0.15, 0.2) is 5.82 Å². The summed E-state index contributed by atoms with van der Waals surface area (Å²) in [7, 11) is 0. The average Bonchev–Trinajstić information content (AvgIpc) is 2.71. The zero-order valence-corrected chi connectivity index (χ0v) is 10.00. The Labute approximate surface area is 107 Å². The van der Waals surface area contributed by atoms with E-state index in [1.165, 1.54) is 6.07 Å². The summed E-state index contributed by atoms with van der Waals surface area (Å²) in [4.78, 5) is 0. The number of nitrogens with two attached hydrogens (primary N) is 2. The molecule has 0 aliphatic carbocycles. The number of azo groups is 1. The maximum absolute atomic E-state index is 5.96. The van der Waals surface area contributed by atoms with Crippen molar-refractivity contribution in [1.29, 1.82) is 0 Å². The Hall–Kier alpha value is -1.79. The van der Waals surface area contributed by atoms with E-state index in [1.54, 1.807) is 12.1 Å². The number of aromatic nitrogens is 2. The summed E-state index contributed by atoms with van der Waals surface area (Å²) in [5.41, 5.74) is 12.3. The van der Waals surface area contributed by atoms with Crippen molar-refractivity contribution in [3.05, 3.63) is 28.4 Å². The van der Waals surface area contributed by atoms with Crippen molar-refractivity contribution >= 4 is 46.1 Å². The first-order valence-corrected chi connectivity index (χ1v) is 5.29. The topological polar surface area (TPSA) is 105 Å². The molecule has 88 valence electrons. The molecule has 1 aromatic carbocycles. The first kappa shape index (κ1) is 11.7.